The molecule has 0 fully saturated rings. The van der Waals surface area contributed by atoms with Crippen LogP contribution in [0.15, 0.2) is 47.6 Å². The van der Waals surface area contributed by atoms with Gasteiger partial charge in [0.2, 0.25) is 0 Å². The Labute approximate surface area is 114 Å². The van der Waals surface area contributed by atoms with E-state index < -0.39 is 11.6 Å². The first kappa shape index (κ1) is 13.7. The Hall–Kier alpha value is -2.74. The number of halogens is 2. The van der Waals surface area contributed by atoms with Crippen molar-refractivity contribution in [3.63, 3.8) is 0 Å². The Balaban J connectivity index is 1.95. The van der Waals surface area contributed by atoms with Crippen LogP contribution >= 0.6 is 0 Å². The van der Waals surface area contributed by atoms with E-state index in [1.54, 1.807) is 24.3 Å². The van der Waals surface area contributed by atoms with E-state index >= 15 is 0 Å². The average molecular weight is 271 g/mol. The van der Waals surface area contributed by atoms with Crippen LogP contribution in [0, 0.1) is 23.0 Å². The van der Waals surface area contributed by atoms with Gasteiger partial charge in [0.1, 0.15) is 24.5 Å². The van der Waals surface area contributed by atoms with Crippen LogP contribution in [0.1, 0.15) is 16.7 Å². The van der Waals surface area contributed by atoms with E-state index in [0.717, 1.165) is 12.1 Å². The molecule has 0 amide bonds. The summed E-state index contributed by atoms with van der Waals surface area (Å²) in [6.07, 6.45) is 2.58. The maximum atomic E-state index is 13.3. The highest BCUT2D eigenvalue weighted by Gasteiger charge is 2.03. The predicted octanol–water partition coefficient (Wildman–Crippen LogP) is 3.26. The van der Waals surface area contributed by atoms with Gasteiger partial charge in [0.15, 0.2) is 0 Å². The summed E-state index contributed by atoms with van der Waals surface area (Å²) in [6, 6.07) is 11.8. The summed E-state index contributed by atoms with van der Waals surface area (Å²) in [4.78, 5) is 4.89. The zero-order valence-corrected chi connectivity index (χ0v) is 10.3. The summed E-state index contributed by atoms with van der Waals surface area (Å²) < 4.78 is 26.0. The van der Waals surface area contributed by atoms with Gasteiger partial charge in [-0.15, -0.1) is 0 Å². The van der Waals surface area contributed by atoms with Crippen molar-refractivity contribution in [1.82, 2.24) is 0 Å². The first-order chi connectivity index (χ1) is 9.69. The molecule has 0 aromatic heterocycles. The van der Waals surface area contributed by atoms with Crippen molar-refractivity contribution in [2.75, 3.05) is 0 Å². The molecule has 0 heterocycles. The standard InChI is InChI=1S/C15H9F2N2O/c16-14-5-4-13(15(17)7-14)10-20-19-9-12-3-1-2-11(6-12)8-18/h1-7H,10H2. The summed E-state index contributed by atoms with van der Waals surface area (Å²) in [6.45, 7) is -0.128. The lowest BCUT2D eigenvalue weighted by Gasteiger charge is -2.01. The molecule has 0 unspecified atom stereocenters. The maximum Gasteiger partial charge on any atom is 0.145 e. The molecule has 20 heavy (non-hydrogen) atoms. The second kappa shape index (κ2) is 6.43. The molecule has 0 spiro atoms. The Morgan fingerprint density at radius 1 is 1.10 bits per heavy atom. The third-order valence-corrected chi connectivity index (χ3v) is 2.47. The number of rotatable bonds is 4. The van der Waals surface area contributed by atoms with Gasteiger partial charge in [-0.3, -0.25) is 0 Å². The van der Waals surface area contributed by atoms with Gasteiger partial charge in [-0.2, -0.15) is 5.26 Å². The molecule has 1 radical (unpaired) electrons. The van der Waals surface area contributed by atoms with Crippen LogP contribution in [0.2, 0.25) is 0 Å². The number of hydrogen-bond donors (Lipinski definition) is 0. The molecule has 0 aliphatic heterocycles. The quantitative estimate of drug-likeness (QED) is 0.633. The number of benzene rings is 2. The molecule has 0 aliphatic rings. The maximum absolute atomic E-state index is 13.3. The molecule has 2 rings (SSSR count). The van der Waals surface area contributed by atoms with Crippen molar-refractivity contribution >= 4 is 6.21 Å². The largest absolute Gasteiger partial charge is 0.390 e. The molecule has 3 nitrogen and oxygen atoms in total. The van der Waals surface area contributed by atoms with Gasteiger partial charge in [-0.25, -0.2) is 8.78 Å². The Morgan fingerprint density at radius 2 is 1.90 bits per heavy atom. The molecule has 0 saturated carbocycles. The minimum absolute atomic E-state index is 0.128. The highest BCUT2D eigenvalue weighted by atomic mass is 19.1. The van der Waals surface area contributed by atoms with Crippen molar-refractivity contribution in [1.29, 1.82) is 5.26 Å². The Morgan fingerprint density at radius 3 is 2.65 bits per heavy atom. The van der Waals surface area contributed by atoms with Crippen LogP contribution in [0.25, 0.3) is 0 Å². The normalized spacial score (nSPS) is 10.4. The van der Waals surface area contributed by atoms with Gasteiger partial charge >= 0.3 is 0 Å². The zero-order valence-electron chi connectivity index (χ0n) is 10.3. The summed E-state index contributed by atoms with van der Waals surface area (Å²) in [7, 11) is 0. The van der Waals surface area contributed by atoms with Crippen LogP contribution in [0.5, 0.6) is 0 Å². The molecule has 2 aromatic rings. The van der Waals surface area contributed by atoms with E-state index in [9.17, 15) is 8.78 Å². The number of hydrogen-bond acceptors (Lipinski definition) is 3. The number of nitriles is 1. The molecule has 0 N–H and O–H groups in total. The van der Waals surface area contributed by atoms with Gasteiger partial charge < -0.3 is 4.84 Å². The van der Waals surface area contributed by atoms with Gasteiger partial charge in [0, 0.05) is 17.2 Å². The average Bonchev–Trinajstić information content (AvgIpc) is 2.45. The van der Waals surface area contributed by atoms with Crippen LogP contribution < -0.4 is 0 Å². The summed E-state index contributed by atoms with van der Waals surface area (Å²) in [5.74, 6) is -1.33. The highest BCUT2D eigenvalue weighted by Crippen LogP contribution is 2.10. The minimum Gasteiger partial charge on any atom is -0.390 e. The molecule has 0 saturated heterocycles. The summed E-state index contributed by atoms with van der Waals surface area (Å²) in [5.41, 5.74) is 1.25. The lowest BCUT2D eigenvalue weighted by atomic mass is 10.1. The molecule has 99 valence electrons. The van der Waals surface area contributed by atoms with Crippen molar-refractivity contribution in [2.45, 2.75) is 6.61 Å². The van der Waals surface area contributed by atoms with E-state index in [2.05, 4.69) is 11.4 Å². The minimum atomic E-state index is -0.688. The fourth-order valence-electron chi connectivity index (χ4n) is 1.48. The van der Waals surface area contributed by atoms with Gasteiger partial charge in [0.25, 0.3) is 0 Å². The van der Waals surface area contributed by atoms with Gasteiger partial charge in [0.05, 0.1) is 11.6 Å². The fourth-order valence-corrected chi connectivity index (χ4v) is 1.48. The third-order valence-electron chi connectivity index (χ3n) is 2.47. The van der Waals surface area contributed by atoms with Gasteiger partial charge in [-0.05, 0) is 24.3 Å². The van der Waals surface area contributed by atoms with E-state index in [4.69, 9.17) is 10.1 Å². The predicted molar refractivity (Wildman–Crippen MR) is 68.8 cm³/mol. The lowest BCUT2D eigenvalue weighted by Crippen LogP contribution is -1.93. The van der Waals surface area contributed by atoms with Crippen molar-refractivity contribution < 1.29 is 13.6 Å². The monoisotopic (exact) mass is 271 g/mol. The highest BCUT2D eigenvalue weighted by molar-refractivity contribution is 5.79. The second-order valence-electron chi connectivity index (χ2n) is 3.90. The van der Waals surface area contributed by atoms with E-state index in [-0.39, 0.29) is 12.2 Å². The van der Waals surface area contributed by atoms with Crippen molar-refractivity contribution in [3.05, 3.63) is 70.8 Å². The van der Waals surface area contributed by atoms with Crippen LogP contribution in [0.4, 0.5) is 8.78 Å². The van der Waals surface area contributed by atoms with Crippen molar-refractivity contribution in [2.24, 2.45) is 5.16 Å². The Kier molecular flexibility index (Phi) is 4.40. The molecule has 2 aromatic carbocycles. The molecule has 5 heteroatoms. The summed E-state index contributed by atoms with van der Waals surface area (Å²) >= 11 is 0. The zero-order chi connectivity index (χ0) is 14.4. The van der Waals surface area contributed by atoms with E-state index in [1.807, 2.05) is 6.07 Å². The molecule has 0 bridgehead atoms. The first-order valence-corrected chi connectivity index (χ1v) is 5.71. The topological polar surface area (TPSA) is 45.4 Å². The first-order valence-electron chi connectivity index (χ1n) is 5.71. The summed E-state index contributed by atoms with van der Waals surface area (Å²) in [5, 5.41) is 12.3. The lowest BCUT2D eigenvalue weighted by molar-refractivity contribution is 0.129. The Bertz CT molecular complexity index is 678. The van der Waals surface area contributed by atoms with Crippen molar-refractivity contribution in [3.8, 4) is 6.07 Å². The third kappa shape index (κ3) is 3.62. The van der Waals surface area contributed by atoms with Gasteiger partial charge in [-0.1, -0.05) is 17.3 Å². The number of nitrogens with zero attached hydrogens (tertiary/aromatic N) is 2. The van der Waals surface area contributed by atoms with E-state index in [1.165, 1.54) is 6.07 Å². The molecule has 0 atom stereocenters. The SMILES string of the molecule is N#Cc1cccc(/[C]=N\OCc2ccc(F)cc2F)c1. The van der Waals surface area contributed by atoms with Crippen LogP contribution in [0.3, 0.4) is 0 Å². The molecular formula is C15H9F2N2O. The fraction of sp³-hybridized carbons (Fsp3) is 0.0667. The van der Waals surface area contributed by atoms with E-state index in [0.29, 0.717) is 11.1 Å². The van der Waals surface area contributed by atoms with Crippen LogP contribution in [-0.4, -0.2) is 6.21 Å². The molecule has 0 aliphatic carbocycles. The smallest absolute Gasteiger partial charge is 0.145 e. The van der Waals surface area contributed by atoms with Crippen LogP contribution in [-0.2, 0) is 11.4 Å². The second-order valence-corrected chi connectivity index (χ2v) is 3.90. The molecular weight excluding hydrogens is 262 g/mol.